The molecule has 39 heavy (non-hydrogen) atoms. The van der Waals surface area contributed by atoms with Gasteiger partial charge >= 0.3 is 12.0 Å². The molecule has 2 aromatic heterocycles. The second-order valence-electron chi connectivity index (χ2n) is 9.51. The molecule has 2 N–H and O–H groups in total. The topological polar surface area (TPSA) is 133 Å². The van der Waals surface area contributed by atoms with Crippen LogP contribution in [0.1, 0.15) is 35.8 Å². The van der Waals surface area contributed by atoms with E-state index in [9.17, 15) is 24.8 Å². The van der Waals surface area contributed by atoms with Crippen molar-refractivity contribution in [2.75, 3.05) is 13.2 Å². The summed E-state index contributed by atoms with van der Waals surface area (Å²) in [4.78, 5) is 43.4. The number of rotatable bonds is 7. The highest BCUT2D eigenvalue weighted by molar-refractivity contribution is 7.18. The maximum Gasteiger partial charge on any atom is 0.338 e. The molecule has 4 atom stereocenters. The minimum Gasteiger partial charge on any atom is -0.491 e. The van der Waals surface area contributed by atoms with Crippen LogP contribution < -0.4 is 10.1 Å². The highest BCUT2D eigenvalue weighted by Crippen LogP contribution is 2.41. The van der Waals surface area contributed by atoms with Crippen molar-refractivity contribution in [1.29, 1.82) is 5.26 Å². The Hall–Kier alpha value is -3.39. The van der Waals surface area contributed by atoms with E-state index in [1.807, 2.05) is 13.0 Å². The van der Waals surface area contributed by atoms with Gasteiger partial charge in [0.25, 0.3) is 0 Å². The van der Waals surface area contributed by atoms with Crippen LogP contribution >= 0.6 is 34.5 Å². The lowest BCUT2D eigenvalue weighted by Crippen LogP contribution is -2.64. The Bertz CT molecular complexity index is 1520. The third kappa shape index (κ3) is 5.14. The maximum absolute atomic E-state index is 13.2. The number of hydrogen-bond acceptors (Lipinski definition) is 7. The number of carboxylic acid groups (broad SMARTS) is 1. The van der Waals surface area contributed by atoms with E-state index >= 15 is 0 Å². The summed E-state index contributed by atoms with van der Waals surface area (Å²) in [5, 5.41) is 23.8. The zero-order valence-corrected chi connectivity index (χ0v) is 23.1. The summed E-state index contributed by atoms with van der Waals surface area (Å²) in [6, 6.07) is 8.17. The van der Waals surface area contributed by atoms with Gasteiger partial charge in [-0.15, -0.1) is 22.9 Å². The Morgan fingerprint density at radius 3 is 2.82 bits per heavy atom. The Balaban J connectivity index is 1.41. The number of halogens is 2. The molecule has 0 bridgehead atoms. The standard InChI is InChI=1S/C27H24Cl2N4O5S/c1-2-16-10-18(24-23(31-16)19(12-39-24)26(35)36)17-8-14(28)3-4-21(17)38-6-5-33-25(34)22-13(11-30)7-15(29)9-20(22)32-27(33)37/h3-4,8,10,12-13,15,20,22H,2,5-7,9H2,1H3,(H,32,37)(H,35,36). The van der Waals surface area contributed by atoms with Gasteiger partial charge in [0.2, 0.25) is 5.91 Å². The Labute approximate surface area is 238 Å². The van der Waals surface area contributed by atoms with E-state index < -0.39 is 35.8 Å². The number of thiophene rings is 1. The first-order chi connectivity index (χ1) is 18.7. The molecule has 3 heterocycles. The summed E-state index contributed by atoms with van der Waals surface area (Å²) in [6.45, 7) is 1.91. The molecule has 0 spiro atoms. The number of amides is 3. The number of nitrogens with one attached hydrogen (secondary N) is 1. The van der Waals surface area contributed by atoms with Crippen LogP contribution in [0.4, 0.5) is 4.79 Å². The Kier molecular flexibility index (Phi) is 7.67. The first-order valence-electron chi connectivity index (χ1n) is 12.4. The number of carbonyl (C=O) groups is 3. The highest BCUT2D eigenvalue weighted by atomic mass is 35.5. The van der Waals surface area contributed by atoms with E-state index in [1.165, 1.54) is 11.3 Å². The molecule has 0 radical (unpaired) electrons. The Morgan fingerprint density at radius 1 is 1.31 bits per heavy atom. The quantitative estimate of drug-likeness (QED) is 0.357. The smallest absolute Gasteiger partial charge is 0.338 e. The van der Waals surface area contributed by atoms with E-state index in [2.05, 4.69) is 16.4 Å². The van der Waals surface area contributed by atoms with E-state index in [4.69, 9.17) is 27.9 Å². The lowest BCUT2D eigenvalue weighted by molar-refractivity contribution is -0.138. The number of carbonyl (C=O) groups excluding carboxylic acids is 2. The number of carboxylic acids is 1. The van der Waals surface area contributed by atoms with Gasteiger partial charge in [-0.05, 0) is 43.5 Å². The van der Waals surface area contributed by atoms with Crippen molar-refractivity contribution >= 4 is 62.7 Å². The van der Waals surface area contributed by atoms with Gasteiger partial charge in [-0.3, -0.25) is 14.7 Å². The lowest BCUT2D eigenvalue weighted by atomic mass is 9.74. The van der Waals surface area contributed by atoms with Crippen LogP contribution in [-0.2, 0) is 11.2 Å². The monoisotopic (exact) mass is 586 g/mol. The van der Waals surface area contributed by atoms with E-state index in [0.29, 0.717) is 51.5 Å². The van der Waals surface area contributed by atoms with Crippen molar-refractivity contribution < 1.29 is 24.2 Å². The van der Waals surface area contributed by atoms with Crippen LogP contribution in [0.5, 0.6) is 5.75 Å². The molecular formula is C27H24Cl2N4O5S. The van der Waals surface area contributed by atoms with Gasteiger partial charge in [0.05, 0.1) is 40.2 Å². The van der Waals surface area contributed by atoms with Crippen LogP contribution in [0, 0.1) is 23.2 Å². The summed E-state index contributed by atoms with van der Waals surface area (Å²) in [5.41, 5.74) is 2.62. The number of ether oxygens (including phenoxy) is 1. The predicted molar refractivity (Wildman–Crippen MR) is 147 cm³/mol. The maximum atomic E-state index is 13.2. The number of urea groups is 1. The fourth-order valence-corrected chi connectivity index (χ4v) is 6.82. The molecule has 1 aromatic carbocycles. The average molecular weight is 587 g/mol. The Morgan fingerprint density at radius 2 is 2.10 bits per heavy atom. The average Bonchev–Trinajstić information content (AvgIpc) is 3.34. The number of nitriles is 1. The number of fused-ring (bicyclic) bond motifs is 2. The molecule has 2 fully saturated rings. The van der Waals surface area contributed by atoms with Gasteiger partial charge < -0.3 is 15.2 Å². The van der Waals surface area contributed by atoms with Crippen molar-refractivity contribution in [1.82, 2.24) is 15.2 Å². The number of aromatic nitrogens is 1. The molecule has 4 unspecified atom stereocenters. The van der Waals surface area contributed by atoms with Crippen LogP contribution in [-0.4, -0.2) is 57.5 Å². The third-order valence-corrected chi connectivity index (χ3v) is 8.72. The zero-order chi connectivity index (χ0) is 27.8. The number of benzene rings is 1. The number of pyridine rings is 1. The second-order valence-corrected chi connectivity index (χ2v) is 11.4. The number of alkyl halides is 1. The normalized spacial score (nSPS) is 22.8. The SMILES string of the molecule is CCc1cc(-c2cc(Cl)ccc2OCCN2C(=O)NC3CC(Cl)CC(C#N)C3C2=O)c2scc(C(=O)O)c2n1. The molecule has 3 amide bonds. The number of aromatic carboxylic acids is 1. The summed E-state index contributed by atoms with van der Waals surface area (Å²) < 4.78 is 6.76. The molecular weight excluding hydrogens is 563 g/mol. The minimum atomic E-state index is -1.06. The van der Waals surface area contributed by atoms with Crippen LogP contribution in [0.3, 0.4) is 0 Å². The van der Waals surface area contributed by atoms with Crippen LogP contribution in [0.25, 0.3) is 21.3 Å². The first kappa shape index (κ1) is 27.2. The summed E-state index contributed by atoms with van der Waals surface area (Å²) in [6.07, 6.45) is 1.43. The van der Waals surface area contributed by atoms with Gasteiger partial charge in [0.1, 0.15) is 12.4 Å². The molecule has 1 saturated heterocycles. The fraction of sp³-hybridized carbons (Fsp3) is 0.370. The molecule has 5 rings (SSSR count). The summed E-state index contributed by atoms with van der Waals surface area (Å²) in [7, 11) is 0. The molecule has 12 heteroatoms. The van der Waals surface area contributed by atoms with Gasteiger partial charge in [-0.2, -0.15) is 5.26 Å². The van der Waals surface area contributed by atoms with Crippen molar-refractivity contribution in [3.05, 3.63) is 45.9 Å². The van der Waals surface area contributed by atoms with Crippen molar-refractivity contribution in [3.63, 3.8) is 0 Å². The van der Waals surface area contributed by atoms with Gasteiger partial charge in [-0.1, -0.05) is 18.5 Å². The van der Waals surface area contributed by atoms with Crippen molar-refractivity contribution in [2.24, 2.45) is 11.8 Å². The summed E-state index contributed by atoms with van der Waals surface area (Å²) in [5.74, 6) is -2.22. The van der Waals surface area contributed by atoms with Gasteiger partial charge in [0, 0.05) is 38.6 Å². The predicted octanol–water partition coefficient (Wildman–Crippen LogP) is 5.33. The van der Waals surface area contributed by atoms with Crippen LogP contribution in [0.15, 0.2) is 29.6 Å². The fourth-order valence-electron chi connectivity index (χ4n) is 5.26. The lowest BCUT2D eigenvalue weighted by Gasteiger charge is -2.43. The van der Waals surface area contributed by atoms with Gasteiger partial charge in [0.15, 0.2) is 0 Å². The van der Waals surface area contributed by atoms with Crippen molar-refractivity contribution in [2.45, 2.75) is 37.6 Å². The highest BCUT2D eigenvalue weighted by Gasteiger charge is 2.48. The van der Waals surface area contributed by atoms with E-state index in [0.717, 1.165) is 10.5 Å². The molecule has 2 aliphatic rings. The molecule has 9 nitrogen and oxygen atoms in total. The number of aryl methyl sites for hydroxylation is 1. The second kappa shape index (κ2) is 11.0. The molecule has 1 aliphatic heterocycles. The summed E-state index contributed by atoms with van der Waals surface area (Å²) >= 11 is 13.9. The number of nitrogens with zero attached hydrogens (tertiary/aromatic N) is 3. The number of hydrogen-bond donors (Lipinski definition) is 2. The molecule has 1 saturated carbocycles. The largest absolute Gasteiger partial charge is 0.491 e. The third-order valence-electron chi connectivity index (χ3n) is 7.13. The first-order valence-corrected chi connectivity index (χ1v) is 14.1. The van der Waals surface area contributed by atoms with E-state index in [-0.39, 0.29) is 24.1 Å². The molecule has 3 aromatic rings. The molecule has 202 valence electrons. The van der Waals surface area contributed by atoms with Crippen LogP contribution in [0.2, 0.25) is 5.02 Å². The van der Waals surface area contributed by atoms with E-state index in [1.54, 1.807) is 23.6 Å². The zero-order valence-electron chi connectivity index (χ0n) is 20.8. The van der Waals surface area contributed by atoms with Gasteiger partial charge in [-0.25, -0.2) is 9.59 Å². The van der Waals surface area contributed by atoms with Crippen molar-refractivity contribution in [3.8, 4) is 22.9 Å². The molecule has 1 aliphatic carbocycles. The number of imide groups is 1. The minimum absolute atomic E-state index is 0.000207.